The van der Waals surface area contributed by atoms with Crippen molar-refractivity contribution in [1.29, 1.82) is 0 Å². The maximum Gasteiger partial charge on any atom is 0.329 e. The van der Waals surface area contributed by atoms with Gasteiger partial charge in [0, 0.05) is 5.56 Å². The molecule has 1 aromatic heterocycles. The van der Waals surface area contributed by atoms with Crippen molar-refractivity contribution in [2.45, 2.75) is 6.54 Å². The van der Waals surface area contributed by atoms with E-state index < -0.39 is 29.1 Å². The Bertz CT molecular complexity index is 1520. The summed E-state index contributed by atoms with van der Waals surface area (Å²) in [4.78, 5) is 39.8. The molecule has 7 nitrogen and oxygen atoms in total. The van der Waals surface area contributed by atoms with Crippen molar-refractivity contribution in [1.82, 2.24) is 20.0 Å². The number of amides is 3. The van der Waals surface area contributed by atoms with Crippen LogP contribution in [0.2, 0.25) is 0 Å². The Balaban J connectivity index is 1.56. The standard InChI is InChI=1S/C26H18F2N4O3/c27-18-9-11-20(12-10-18)32-24(33)21(23(30-32)17-6-2-1-3-7-17)14-22-25(34)31(26(35)29-22)15-16-5-4-8-19(28)13-16/h1-14,30H,15H2,(H,29,35)/b22-14-. The molecule has 5 rings (SSSR count). The molecule has 1 aliphatic rings. The lowest BCUT2D eigenvalue weighted by molar-refractivity contribution is -0.123. The first-order valence-corrected chi connectivity index (χ1v) is 10.7. The predicted molar refractivity (Wildman–Crippen MR) is 125 cm³/mol. The van der Waals surface area contributed by atoms with E-state index in [1.54, 1.807) is 30.3 Å². The summed E-state index contributed by atoms with van der Waals surface area (Å²) in [5, 5.41) is 5.51. The maximum absolute atomic E-state index is 13.5. The molecular weight excluding hydrogens is 454 g/mol. The summed E-state index contributed by atoms with van der Waals surface area (Å²) in [7, 11) is 0. The summed E-state index contributed by atoms with van der Waals surface area (Å²) >= 11 is 0. The van der Waals surface area contributed by atoms with Gasteiger partial charge in [0.15, 0.2) is 0 Å². The van der Waals surface area contributed by atoms with Gasteiger partial charge in [-0.1, -0.05) is 42.5 Å². The van der Waals surface area contributed by atoms with E-state index in [2.05, 4.69) is 10.4 Å². The number of halogens is 2. The highest BCUT2D eigenvalue weighted by Gasteiger charge is 2.34. The van der Waals surface area contributed by atoms with Gasteiger partial charge in [-0.2, -0.15) is 0 Å². The zero-order valence-electron chi connectivity index (χ0n) is 18.2. The fourth-order valence-electron chi connectivity index (χ4n) is 3.86. The Morgan fingerprint density at radius 1 is 0.829 bits per heavy atom. The van der Waals surface area contributed by atoms with Crippen LogP contribution in [0.15, 0.2) is 89.4 Å². The number of imide groups is 1. The Labute approximate surface area is 197 Å². The van der Waals surface area contributed by atoms with E-state index in [4.69, 9.17) is 0 Å². The van der Waals surface area contributed by atoms with Gasteiger partial charge in [0.05, 0.1) is 23.5 Å². The zero-order valence-corrected chi connectivity index (χ0v) is 18.2. The predicted octanol–water partition coefficient (Wildman–Crippen LogP) is 4.20. The van der Waals surface area contributed by atoms with Gasteiger partial charge in [0.1, 0.15) is 17.3 Å². The number of urea groups is 1. The van der Waals surface area contributed by atoms with Crippen molar-refractivity contribution in [3.8, 4) is 16.9 Å². The molecule has 1 aliphatic heterocycles. The number of aromatic amines is 1. The second-order valence-electron chi connectivity index (χ2n) is 7.89. The van der Waals surface area contributed by atoms with Crippen LogP contribution in [0.5, 0.6) is 0 Å². The number of nitrogens with zero attached hydrogens (tertiary/aromatic N) is 2. The van der Waals surface area contributed by atoms with E-state index in [0.717, 1.165) is 4.90 Å². The minimum absolute atomic E-state index is 0.0917. The van der Waals surface area contributed by atoms with Gasteiger partial charge >= 0.3 is 6.03 Å². The Hall–Kier alpha value is -4.79. The maximum atomic E-state index is 13.5. The molecule has 35 heavy (non-hydrogen) atoms. The summed E-state index contributed by atoms with van der Waals surface area (Å²) in [5.41, 5.74) is 1.48. The molecular formula is C26H18F2N4O3. The summed E-state index contributed by atoms with van der Waals surface area (Å²) in [6.07, 6.45) is 1.31. The van der Waals surface area contributed by atoms with Gasteiger partial charge in [-0.15, -0.1) is 0 Å². The molecule has 0 atom stereocenters. The molecule has 0 radical (unpaired) electrons. The van der Waals surface area contributed by atoms with E-state index in [-0.39, 0.29) is 17.8 Å². The number of aromatic nitrogens is 2. The third kappa shape index (κ3) is 4.26. The summed E-state index contributed by atoms with van der Waals surface area (Å²) in [5.74, 6) is -1.57. The second kappa shape index (κ2) is 8.86. The van der Waals surface area contributed by atoms with Crippen LogP contribution in [-0.4, -0.2) is 26.6 Å². The number of hydrogen-bond acceptors (Lipinski definition) is 3. The minimum atomic E-state index is -0.679. The van der Waals surface area contributed by atoms with Crippen LogP contribution in [-0.2, 0) is 11.3 Å². The van der Waals surface area contributed by atoms with Gasteiger partial charge in [-0.05, 0) is 48.0 Å². The Morgan fingerprint density at radius 3 is 2.29 bits per heavy atom. The zero-order chi connectivity index (χ0) is 24.5. The largest absolute Gasteiger partial charge is 0.329 e. The van der Waals surface area contributed by atoms with Crippen molar-refractivity contribution in [2.75, 3.05) is 0 Å². The van der Waals surface area contributed by atoms with Gasteiger partial charge in [0.2, 0.25) is 0 Å². The first kappa shape index (κ1) is 22.0. The fourth-order valence-corrected chi connectivity index (χ4v) is 3.86. The van der Waals surface area contributed by atoms with Gasteiger partial charge in [-0.25, -0.2) is 18.3 Å². The minimum Gasteiger partial charge on any atom is -0.303 e. The Morgan fingerprint density at radius 2 is 1.57 bits per heavy atom. The molecule has 0 aliphatic carbocycles. The first-order valence-electron chi connectivity index (χ1n) is 10.7. The van der Waals surface area contributed by atoms with Crippen LogP contribution in [0, 0.1) is 11.6 Å². The van der Waals surface area contributed by atoms with Crippen LogP contribution < -0.4 is 10.9 Å². The molecule has 2 N–H and O–H groups in total. The molecule has 2 heterocycles. The van der Waals surface area contributed by atoms with Crippen LogP contribution >= 0.6 is 0 Å². The number of carbonyl (C=O) groups is 2. The van der Waals surface area contributed by atoms with E-state index in [1.165, 1.54) is 53.2 Å². The molecule has 174 valence electrons. The van der Waals surface area contributed by atoms with Gasteiger partial charge < -0.3 is 5.32 Å². The lowest BCUT2D eigenvalue weighted by Gasteiger charge is -2.11. The van der Waals surface area contributed by atoms with E-state index in [1.807, 2.05) is 6.07 Å². The smallest absolute Gasteiger partial charge is 0.303 e. The highest BCUT2D eigenvalue weighted by molar-refractivity contribution is 6.14. The van der Waals surface area contributed by atoms with Crippen LogP contribution in [0.1, 0.15) is 11.1 Å². The van der Waals surface area contributed by atoms with Gasteiger partial charge in [0.25, 0.3) is 11.5 Å². The molecule has 1 fully saturated rings. The number of rotatable bonds is 5. The number of carbonyl (C=O) groups excluding carboxylic acids is 2. The van der Waals surface area contributed by atoms with Gasteiger partial charge in [-0.3, -0.25) is 19.6 Å². The molecule has 3 amide bonds. The van der Waals surface area contributed by atoms with Crippen molar-refractivity contribution >= 4 is 18.0 Å². The topological polar surface area (TPSA) is 87.2 Å². The average molecular weight is 472 g/mol. The van der Waals surface area contributed by atoms with Crippen LogP contribution in [0.25, 0.3) is 23.0 Å². The SMILES string of the molecule is O=C1N/C(=C\c2c(-c3ccccc3)[nH]n(-c3ccc(F)cc3)c2=O)C(=O)N1Cc1cccc(F)c1. The molecule has 1 saturated heterocycles. The fraction of sp³-hybridized carbons (Fsp3) is 0.0385. The van der Waals surface area contributed by atoms with Crippen molar-refractivity contribution in [2.24, 2.45) is 0 Å². The van der Waals surface area contributed by atoms with E-state index in [0.29, 0.717) is 22.5 Å². The first-order chi connectivity index (χ1) is 16.9. The summed E-state index contributed by atoms with van der Waals surface area (Å²) in [6.45, 7) is -0.127. The number of nitrogens with one attached hydrogen (secondary N) is 2. The third-order valence-corrected chi connectivity index (χ3v) is 5.55. The lowest BCUT2D eigenvalue weighted by atomic mass is 10.1. The Kier molecular flexibility index (Phi) is 5.58. The average Bonchev–Trinajstić information content (AvgIpc) is 3.31. The molecule has 4 aromatic rings. The molecule has 3 aromatic carbocycles. The third-order valence-electron chi connectivity index (χ3n) is 5.55. The monoisotopic (exact) mass is 472 g/mol. The van der Waals surface area contributed by atoms with E-state index >= 15 is 0 Å². The summed E-state index contributed by atoms with van der Waals surface area (Å²) < 4.78 is 28.2. The van der Waals surface area contributed by atoms with Crippen molar-refractivity contribution in [3.63, 3.8) is 0 Å². The number of H-pyrrole nitrogens is 1. The van der Waals surface area contributed by atoms with Crippen molar-refractivity contribution < 1.29 is 18.4 Å². The molecule has 9 heteroatoms. The van der Waals surface area contributed by atoms with E-state index in [9.17, 15) is 23.2 Å². The molecule has 0 unspecified atom stereocenters. The van der Waals surface area contributed by atoms with Crippen molar-refractivity contribution in [3.05, 3.63) is 118 Å². The van der Waals surface area contributed by atoms with Crippen LogP contribution in [0.3, 0.4) is 0 Å². The lowest BCUT2D eigenvalue weighted by Crippen LogP contribution is -2.30. The number of hydrogen-bond donors (Lipinski definition) is 2. The second-order valence-corrected chi connectivity index (χ2v) is 7.89. The molecule has 0 saturated carbocycles. The molecule has 0 bridgehead atoms. The number of benzene rings is 3. The highest BCUT2D eigenvalue weighted by Crippen LogP contribution is 2.24. The normalized spacial score (nSPS) is 14.6. The highest BCUT2D eigenvalue weighted by atomic mass is 19.1. The quantitative estimate of drug-likeness (QED) is 0.337. The molecule has 0 spiro atoms. The van der Waals surface area contributed by atoms with Crippen LogP contribution in [0.4, 0.5) is 13.6 Å². The summed E-state index contributed by atoms with van der Waals surface area (Å²) in [6, 6.07) is 19.3.